The number of unbranched alkanes of at least 4 members (excludes halogenated alkanes) is 1. The summed E-state index contributed by atoms with van der Waals surface area (Å²) in [5.74, 6) is -0.748. The van der Waals surface area contributed by atoms with Crippen molar-refractivity contribution in [2.45, 2.75) is 19.8 Å². The van der Waals surface area contributed by atoms with Crippen molar-refractivity contribution >= 4 is 41.1 Å². The van der Waals surface area contributed by atoms with Crippen molar-refractivity contribution in [3.8, 4) is 0 Å². The Morgan fingerprint density at radius 1 is 1.04 bits per heavy atom. The number of rotatable bonds is 7. The van der Waals surface area contributed by atoms with Crippen LogP contribution in [0.5, 0.6) is 0 Å². The molecule has 4 nitrogen and oxygen atoms in total. The Balaban J connectivity index is 2.23. The Labute approximate surface area is 163 Å². The van der Waals surface area contributed by atoms with E-state index in [1.54, 1.807) is 54.6 Å². The molecule has 0 heterocycles. The molecular weight excluding hydrogens is 371 g/mol. The van der Waals surface area contributed by atoms with Crippen LogP contribution in [-0.2, 0) is 4.79 Å². The first kappa shape index (κ1) is 20.0. The molecule has 0 bridgehead atoms. The van der Waals surface area contributed by atoms with Crippen LogP contribution in [0, 0.1) is 0 Å². The first-order valence-corrected chi connectivity index (χ1v) is 9.07. The molecule has 2 aromatic rings. The number of halogens is 2. The van der Waals surface area contributed by atoms with Gasteiger partial charge >= 0.3 is 0 Å². The monoisotopic (exact) mass is 390 g/mol. The largest absolute Gasteiger partial charge is 0.351 e. The molecule has 0 aromatic heterocycles. The smallest absolute Gasteiger partial charge is 0.267 e. The van der Waals surface area contributed by atoms with E-state index in [-0.39, 0.29) is 11.6 Å². The molecule has 0 saturated carbocycles. The van der Waals surface area contributed by atoms with Gasteiger partial charge in [-0.3, -0.25) is 9.59 Å². The van der Waals surface area contributed by atoms with E-state index in [1.165, 1.54) is 0 Å². The van der Waals surface area contributed by atoms with Gasteiger partial charge in [-0.15, -0.1) is 0 Å². The fourth-order valence-corrected chi connectivity index (χ4v) is 2.50. The van der Waals surface area contributed by atoms with E-state index in [9.17, 15) is 9.59 Å². The molecule has 0 fully saturated rings. The average molecular weight is 391 g/mol. The second kappa shape index (κ2) is 10.00. The normalized spacial score (nSPS) is 11.1. The predicted molar refractivity (Wildman–Crippen MR) is 106 cm³/mol. The summed E-state index contributed by atoms with van der Waals surface area (Å²) < 4.78 is 0. The van der Waals surface area contributed by atoms with Gasteiger partial charge in [-0.25, -0.2) is 0 Å². The SMILES string of the molecule is CCCCNC(=O)/C(=C/c1ccc(Cl)cc1)NC(=O)c1cccc(Cl)c1. The van der Waals surface area contributed by atoms with Crippen molar-refractivity contribution in [3.05, 3.63) is 75.4 Å². The lowest BCUT2D eigenvalue weighted by molar-refractivity contribution is -0.117. The Bertz CT molecular complexity index is 802. The van der Waals surface area contributed by atoms with Crippen LogP contribution < -0.4 is 10.6 Å². The minimum Gasteiger partial charge on any atom is -0.351 e. The molecule has 0 atom stereocenters. The van der Waals surface area contributed by atoms with Crippen molar-refractivity contribution in [2.75, 3.05) is 6.54 Å². The maximum absolute atomic E-state index is 12.5. The number of hydrogen-bond donors (Lipinski definition) is 2. The molecule has 0 saturated heterocycles. The standard InChI is InChI=1S/C20H20Cl2N2O2/c1-2-3-11-23-20(26)18(12-14-7-9-16(21)10-8-14)24-19(25)15-5-4-6-17(22)13-15/h4-10,12-13H,2-3,11H2,1H3,(H,23,26)(H,24,25)/b18-12-. The van der Waals surface area contributed by atoms with E-state index in [4.69, 9.17) is 23.2 Å². The summed E-state index contributed by atoms with van der Waals surface area (Å²) in [5.41, 5.74) is 1.29. The van der Waals surface area contributed by atoms with Crippen molar-refractivity contribution < 1.29 is 9.59 Å². The lowest BCUT2D eigenvalue weighted by atomic mass is 10.1. The number of nitrogens with one attached hydrogen (secondary N) is 2. The van der Waals surface area contributed by atoms with Crippen molar-refractivity contribution in [2.24, 2.45) is 0 Å². The van der Waals surface area contributed by atoms with Gasteiger partial charge in [0.1, 0.15) is 5.70 Å². The molecule has 2 N–H and O–H groups in total. The third-order valence-electron chi connectivity index (χ3n) is 3.58. The summed E-state index contributed by atoms with van der Waals surface area (Å²) in [6, 6.07) is 13.5. The molecule has 6 heteroatoms. The number of carbonyl (C=O) groups excluding carboxylic acids is 2. The van der Waals surface area contributed by atoms with Gasteiger partial charge in [-0.1, -0.05) is 54.7 Å². The fourth-order valence-electron chi connectivity index (χ4n) is 2.18. The van der Waals surface area contributed by atoms with Gasteiger partial charge in [0.05, 0.1) is 0 Å². The van der Waals surface area contributed by atoms with E-state index in [0.29, 0.717) is 22.2 Å². The Morgan fingerprint density at radius 3 is 2.42 bits per heavy atom. The number of benzene rings is 2. The van der Waals surface area contributed by atoms with E-state index < -0.39 is 5.91 Å². The van der Waals surface area contributed by atoms with Crippen LogP contribution in [0.3, 0.4) is 0 Å². The van der Waals surface area contributed by atoms with Crippen LogP contribution in [0.4, 0.5) is 0 Å². The molecular formula is C20H20Cl2N2O2. The lowest BCUT2D eigenvalue weighted by Gasteiger charge is -2.11. The Hall–Kier alpha value is -2.30. The number of hydrogen-bond acceptors (Lipinski definition) is 2. The minimum absolute atomic E-state index is 0.161. The molecule has 2 rings (SSSR count). The second-order valence-corrected chi connectivity index (χ2v) is 6.56. The van der Waals surface area contributed by atoms with Gasteiger partial charge in [0.2, 0.25) is 0 Å². The molecule has 0 aliphatic heterocycles. The zero-order valence-electron chi connectivity index (χ0n) is 14.4. The van der Waals surface area contributed by atoms with E-state index >= 15 is 0 Å². The van der Waals surface area contributed by atoms with Crippen LogP contribution in [0.15, 0.2) is 54.2 Å². The molecule has 2 amide bonds. The van der Waals surface area contributed by atoms with Gasteiger partial charge in [-0.05, 0) is 48.4 Å². The van der Waals surface area contributed by atoms with Gasteiger partial charge < -0.3 is 10.6 Å². The first-order chi connectivity index (χ1) is 12.5. The number of amides is 2. The van der Waals surface area contributed by atoms with Crippen molar-refractivity contribution in [1.82, 2.24) is 10.6 Å². The molecule has 0 radical (unpaired) electrons. The minimum atomic E-state index is -0.404. The highest BCUT2D eigenvalue weighted by Gasteiger charge is 2.14. The summed E-state index contributed by atoms with van der Waals surface area (Å²) in [6.07, 6.45) is 3.44. The Kier molecular flexibility index (Phi) is 7.70. The fraction of sp³-hybridized carbons (Fsp3) is 0.200. The molecule has 0 spiro atoms. The molecule has 0 aliphatic carbocycles. The van der Waals surface area contributed by atoms with Crippen LogP contribution in [0.1, 0.15) is 35.7 Å². The van der Waals surface area contributed by atoms with Crippen LogP contribution >= 0.6 is 23.2 Å². The van der Waals surface area contributed by atoms with E-state index in [1.807, 2.05) is 6.92 Å². The topological polar surface area (TPSA) is 58.2 Å². The lowest BCUT2D eigenvalue weighted by Crippen LogP contribution is -2.35. The van der Waals surface area contributed by atoms with Gasteiger partial charge in [0.25, 0.3) is 11.8 Å². The van der Waals surface area contributed by atoms with Crippen molar-refractivity contribution in [1.29, 1.82) is 0 Å². The highest BCUT2D eigenvalue weighted by atomic mass is 35.5. The van der Waals surface area contributed by atoms with Crippen LogP contribution in [0.25, 0.3) is 6.08 Å². The molecule has 0 unspecified atom stereocenters. The van der Waals surface area contributed by atoms with Gasteiger partial charge in [0, 0.05) is 22.2 Å². The summed E-state index contributed by atoms with van der Waals surface area (Å²) in [7, 11) is 0. The zero-order valence-corrected chi connectivity index (χ0v) is 15.9. The van der Waals surface area contributed by atoms with Crippen LogP contribution in [-0.4, -0.2) is 18.4 Å². The molecule has 26 heavy (non-hydrogen) atoms. The third kappa shape index (κ3) is 6.21. The quantitative estimate of drug-likeness (QED) is 0.532. The van der Waals surface area contributed by atoms with Crippen LogP contribution in [0.2, 0.25) is 10.0 Å². The van der Waals surface area contributed by atoms with E-state index in [2.05, 4.69) is 10.6 Å². The highest BCUT2D eigenvalue weighted by molar-refractivity contribution is 6.31. The van der Waals surface area contributed by atoms with Crippen molar-refractivity contribution in [3.63, 3.8) is 0 Å². The summed E-state index contributed by atoms with van der Waals surface area (Å²) in [4.78, 5) is 25.0. The van der Waals surface area contributed by atoms with Gasteiger partial charge in [0.15, 0.2) is 0 Å². The second-order valence-electron chi connectivity index (χ2n) is 5.68. The molecule has 2 aromatic carbocycles. The Morgan fingerprint density at radius 2 is 1.77 bits per heavy atom. The number of carbonyl (C=O) groups is 2. The maximum atomic E-state index is 12.5. The van der Waals surface area contributed by atoms with E-state index in [0.717, 1.165) is 18.4 Å². The summed E-state index contributed by atoms with van der Waals surface area (Å²) in [5, 5.41) is 6.53. The molecule has 136 valence electrons. The highest BCUT2D eigenvalue weighted by Crippen LogP contribution is 2.14. The van der Waals surface area contributed by atoms with Gasteiger partial charge in [-0.2, -0.15) is 0 Å². The molecule has 0 aliphatic rings. The average Bonchev–Trinajstić information content (AvgIpc) is 2.63. The first-order valence-electron chi connectivity index (χ1n) is 8.32. The maximum Gasteiger partial charge on any atom is 0.267 e. The zero-order chi connectivity index (χ0) is 18.9. The summed E-state index contributed by atoms with van der Waals surface area (Å²) >= 11 is 11.8. The summed E-state index contributed by atoms with van der Waals surface area (Å²) in [6.45, 7) is 2.58. The predicted octanol–water partition coefficient (Wildman–Crippen LogP) is 4.68. The third-order valence-corrected chi connectivity index (χ3v) is 4.06.